The third-order valence-electron chi connectivity index (χ3n) is 8.41. The number of hydrogen-bond acceptors (Lipinski definition) is 4. The van der Waals surface area contributed by atoms with Crippen LogP contribution in [0.1, 0.15) is 76.2 Å². The molecule has 1 aliphatic heterocycles. The molecule has 1 saturated heterocycles. The van der Waals surface area contributed by atoms with Crippen LogP contribution < -0.4 is 9.64 Å². The molecule has 4 rings (SSSR count). The molecule has 2 aromatic rings. The lowest BCUT2D eigenvalue weighted by atomic mass is 9.76. The van der Waals surface area contributed by atoms with E-state index in [0.717, 1.165) is 57.9 Å². The van der Waals surface area contributed by atoms with Gasteiger partial charge in [0.2, 0.25) is 0 Å². The van der Waals surface area contributed by atoms with E-state index in [2.05, 4.69) is 47.1 Å². The molecule has 1 aliphatic carbocycles. The van der Waals surface area contributed by atoms with Gasteiger partial charge in [-0.2, -0.15) is 0 Å². The van der Waals surface area contributed by atoms with Crippen molar-refractivity contribution in [3.8, 4) is 5.75 Å². The largest absolute Gasteiger partial charge is 0.494 e. The van der Waals surface area contributed by atoms with Crippen LogP contribution in [0.15, 0.2) is 48.5 Å². The number of hydrogen-bond donors (Lipinski definition) is 0. The molecule has 37 heavy (non-hydrogen) atoms. The summed E-state index contributed by atoms with van der Waals surface area (Å²) in [4.78, 5) is 4.92. The van der Waals surface area contributed by atoms with Gasteiger partial charge < -0.3 is 14.4 Å². The Bertz CT molecular complexity index is 910. The molecule has 1 heterocycles. The molecule has 2 atom stereocenters. The number of halogens is 1. The van der Waals surface area contributed by atoms with Gasteiger partial charge in [-0.25, -0.2) is 4.39 Å². The highest BCUT2D eigenvalue weighted by Crippen LogP contribution is 2.38. The van der Waals surface area contributed by atoms with Crippen LogP contribution in [0.3, 0.4) is 0 Å². The number of unbranched alkanes of at least 4 members (excludes halogenated alkanes) is 2. The second-order valence-electron chi connectivity index (χ2n) is 10.9. The summed E-state index contributed by atoms with van der Waals surface area (Å²) < 4.78 is 25.9. The fourth-order valence-corrected chi connectivity index (χ4v) is 6.28. The predicted octanol–water partition coefficient (Wildman–Crippen LogP) is 7.29. The first-order valence-electron chi connectivity index (χ1n) is 14.7. The van der Waals surface area contributed by atoms with E-state index in [4.69, 9.17) is 9.47 Å². The van der Waals surface area contributed by atoms with Gasteiger partial charge in [-0.1, -0.05) is 69.4 Å². The molecule has 5 heteroatoms. The minimum Gasteiger partial charge on any atom is -0.494 e. The molecule has 0 bridgehead atoms. The first kappa shape index (κ1) is 27.9. The Morgan fingerprint density at radius 3 is 2.41 bits per heavy atom. The average molecular weight is 511 g/mol. The van der Waals surface area contributed by atoms with Gasteiger partial charge in [-0.05, 0) is 55.8 Å². The highest BCUT2D eigenvalue weighted by Gasteiger charge is 2.33. The highest BCUT2D eigenvalue weighted by atomic mass is 19.1. The number of methoxy groups -OCH3 is 1. The zero-order chi connectivity index (χ0) is 25.9. The number of ether oxygens (including phenoxy) is 2. The lowest BCUT2D eigenvalue weighted by Crippen LogP contribution is -2.47. The topological polar surface area (TPSA) is 24.9 Å². The van der Waals surface area contributed by atoms with Crippen LogP contribution in [0.25, 0.3) is 0 Å². The Labute approximate surface area is 224 Å². The first-order valence-corrected chi connectivity index (χ1v) is 14.7. The van der Waals surface area contributed by atoms with E-state index < -0.39 is 0 Å². The molecule has 0 aromatic heterocycles. The maximum absolute atomic E-state index is 13.7. The molecule has 4 nitrogen and oxygen atoms in total. The third kappa shape index (κ3) is 7.94. The Kier molecular flexibility index (Phi) is 11.1. The smallest absolute Gasteiger partial charge is 0.145 e. The van der Waals surface area contributed by atoms with Gasteiger partial charge in [0.15, 0.2) is 0 Å². The summed E-state index contributed by atoms with van der Waals surface area (Å²) in [5, 5.41) is 0. The van der Waals surface area contributed by atoms with Crippen molar-refractivity contribution >= 4 is 5.69 Å². The van der Waals surface area contributed by atoms with Crippen molar-refractivity contribution in [3.63, 3.8) is 0 Å². The van der Waals surface area contributed by atoms with Gasteiger partial charge in [0.25, 0.3) is 0 Å². The molecule has 2 aromatic carbocycles. The van der Waals surface area contributed by atoms with Gasteiger partial charge in [0, 0.05) is 44.8 Å². The highest BCUT2D eigenvalue weighted by molar-refractivity contribution is 5.59. The van der Waals surface area contributed by atoms with Crippen LogP contribution in [0.4, 0.5) is 10.1 Å². The summed E-state index contributed by atoms with van der Waals surface area (Å²) in [6, 6.07) is 16.0. The van der Waals surface area contributed by atoms with Crippen LogP contribution in [-0.2, 0) is 4.74 Å². The molecule has 0 N–H and O–H groups in total. The number of nitrogens with zero attached hydrogens (tertiary/aromatic N) is 2. The molecule has 0 amide bonds. The Balaban J connectivity index is 1.41. The van der Waals surface area contributed by atoms with Crippen molar-refractivity contribution in [2.24, 2.45) is 5.92 Å². The fraction of sp³-hybridized carbons (Fsp3) is 0.625. The number of rotatable bonds is 13. The fourth-order valence-electron chi connectivity index (χ4n) is 6.28. The minimum atomic E-state index is -0.254. The predicted molar refractivity (Wildman–Crippen MR) is 151 cm³/mol. The Morgan fingerprint density at radius 2 is 1.70 bits per heavy atom. The van der Waals surface area contributed by atoms with E-state index in [1.165, 1.54) is 62.6 Å². The zero-order valence-corrected chi connectivity index (χ0v) is 23.0. The SMILES string of the molecule is CCCCCOC(C1CCCCC1)C(CCN1CCN(c2ccc(F)cc2OC)CC1)c1ccccc1. The summed E-state index contributed by atoms with van der Waals surface area (Å²) in [6.07, 6.45) is 11.7. The van der Waals surface area contributed by atoms with Gasteiger partial charge in [0.05, 0.1) is 18.9 Å². The molecular weight excluding hydrogens is 463 g/mol. The van der Waals surface area contributed by atoms with Crippen LogP contribution in [-0.4, -0.2) is 57.4 Å². The maximum Gasteiger partial charge on any atom is 0.145 e. The maximum atomic E-state index is 13.7. The van der Waals surface area contributed by atoms with E-state index in [0.29, 0.717) is 23.7 Å². The van der Waals surface area contributed by atoms with Crippen molar-refractivity contribution in [1.29, 1.82) is 0 Å². The monoisotopic (exact) mass is 510 g/mol. The minimum absolute atomic E-state index is 0.254. The van der Waals surface area contributed by atoms with Crippen LogP contribution >= 0.6 is 0 Å². The zero-order valence-electron chi connectivity index (χ0n) is 23.0. The third-order valence-corrected chi connectivity index (χ3v) is 8.41. The van der Waals surface area contributed by atoms with Crippen LogP contribution in [0.2, 0.25) is 0 Å². The molecule has 2 unspecified atom stereocenters. The van der Waals surface area contributed by atoms with E-state index in [-0.39, 0.29) is 5.82 Å². The van der Waals surface area contributed by atoms with E-state index in [1.807, 2.05) is 6.07 Å². The molecule has 0 spiro atoms. The molecule has 1 saturated carbocycles. The van der Waals surface area contributed by atoms with Crippen molar-refractivity contribution in [3.05, 3.63) is 59.9 Å². The Morgan fingerprint density at radius 1 is 0.946 bits per heavy atom. The van der Waals surface area contributed by atoms with Gasteiger partial charge in [0.1, 0.15) is 11.6 Å². The molecule has 2 aliphatic rings. The first-order chi connectivity index (χ1) is 18.2. The second kappa shape index (κ2) is 14.7. The number of anilines is 1. The number of benzene rings is 2. The van der Waals surface area contributed by atoms with Crippen molar-refractivity contribution in [1.82, 2.24) is 4.90 Å². The average Bonchev–Trinajstić information content (AvgIpc) is 2.95. The van der Waals surface area contributed by atoms with Crippen molar-refractivity contribution in [2.45, 2.75) is 76.7 Å². The van der Waals surface area contributed by atoms with Gasteiger partial charge in [-0.3, -0.25) is 4.90 Å². The molecule has 2 fully saturated rings. The Hall–Kier alpha value is -2.11. The number of piperazine rings is 1. The quantitative estimate of drug-likeness (QED) is 0.264. The van der Waals surface area contributed by atoms with Gasteiger partial charge >= 0.3 is 0 Å². The van der Waals surface area contributed by atoms with Gasteiger partial charge in [-0.15, -0.1) is 0 Å². The second-order valence-corrected chi connectivity index (χ2v) is 10.9. The van der Waals surface area contributed by atoms with E-state index >= 15 is 0 Å². The summed E-state index contributed by atoms with van der Waals surface area (Å²) in [5.41, 5.74) is 2.42. The van der Waals surface area contributed by atoms with Crippen molar-refractivity contribution in [2.75, 3.05) is 51.3 Å². The van der Waals surface area contributed by atoms with E-state index in [9.17, 15) is 4.39 Å². The lowest BCUT2D eigenvalue weighted by molar-refractivity contribution is -0.0221. The van der Waals surface area contributed by atoms with Crippen molar-refractivity contribution < 1.29 is 13.9 Å². The van der Waals surface area contributed by atoms with E-state index in [1.54, 1.807) is 7.11 Å². The standard InChI is InChI=1S/C32H47FN2O2/c1-3-4-11-24-37-32(27-14-9-6-10-15-27)29(26-12-7-5-8-13-26)18-19-34-20-22-35(23-21-34)30-17-16-28(33)25-31(30)36-2/h5,7-8,12-13,16-17,25,27,29,32H,3-4,6,9-11,14-15,18-24H2,1-2H3. The molecule has 204 valence electrons. The molecule has 0 radical (unpaired) electrons. The normalized spacial score (nSPS) is 19.1. The van der Waals surface area contributed by atoms with Crippen LogP contribution in [0, 0.1) is 11.7 Å². The summed E-state index contributed by atoms with van der Waals surface area (Å²) >= 11 is 0. The van der Waals surface area contributed by atoms with Crippen LogP contribution in [0.5, 0.6) is 5.75 Å². The molecular formula is C32H47FN2O2. The summed E-state index contributed by atoms with van der Waals surface area (Å²) in [7, 11) is 1.62. The summed E-state index contributed by atoms with van der Waals surface area (Å²) in [6.45, 7) is 8.10. The lowest BCUT2D eigenvalue weighted by Gasteiger charge is -2.39. The summed E-state index contributed by atoms with van der Waals surface area (Å²) in [5.74, 6) is 1.47.